The van der Waals surface area contributed by atoms with Crippen molar-refractivity contribution in [2.45, 2.75) is 0 Å². The fourth-order valence-corrected chi connectivity index (χ4v) is 1.32. The molecule has 0 aliphatic heterocycles. The molecule has 2 N–H and O–H groups in total. The Bertz CT molecular complexity index is 596. The molecule has 0 fully saturated rings. The maximum absolute atomic E-state index is 11.2. The number of carbonyl (C=O) groups is 1. The topological polar surface area (TPSA) is 87.7 Å². The zero-order chi connectivity index (χ0) is 11.0. The van der Waals surface area contributed by atoms with Crippen LogP contribution in [0.25, 0.3) is 11.0 Å². The van der Waals surface area contributed by atoms with Crippen molar-refractivity contribution < 1.29 is 19.4 Å². The Hall–Kier alpha value is -2.30. The van der Waals surface area contributed by atoms with Crippen molar-refractivity contribution in [2.75, 3.05) is 0 Å². The number of fused-ring (bicyclic) bond motifs is 1. The van der Waals surface area contributed by atoms with E-state index in [9.17, 15) is 14.7 Å². The maximum Gasteiger partial charge on any atom is 0.354 e. The Morgan fingerprint density at radius 2 is 1.93 bits per heavy atom. The number of hydrogen-bond acceptors (Lipinski definition) is 4. The minimum Gasteiger partial charge on any atom is -0.506 e. The van der Waals surface area contributed by atoms with Crippen LogP contribution in [0.5, 0.6) is 5.75 Å². The van der Waals surface area contributed by atoms with Gasteiger partial charge in [-0.1, -0.05) is 12.1 Å². The molecule has 0 spiro atoms. The predicted molar refractivity (Wildman–Crippen MR) is 51.1 cm³/mol. The van der Waals surface area contributed by atoms with Crippen LogP contribution in [-0.4, -0.2) is 16.2 Å². The summed E-state index contributed by atoms with van der Waals surface area (Å²) in [4.78, 5) is 21.9. The number of hydrogen-bond donors (Lipinski definition) is 2. The Morgan fingerprint density at radius 1 is 1.27 bits per heavy atom. The van der Waals surface area contributed by atoms with E-state index < -0.39 is 22.9 Å². The first kappa shape index (κ1) is 9.26. The summed E-state index contributed by atoms with van der Waals surface area (Å²) < 4.78 is 4.74. The number of carboxylic acids is 1. The van der Waals surface area contributed by atoms with E-state index in [1.807, 2.05) is 0 Å². The average molecular weight is 206 g/mol. The SMILES string of the molecule is O=C(O)c1c(O)c2ccccc2oc1=O. The Kier molecular flexibility index (Phi) is 1.93. The first-order valence-corrected chi connectivity index (χ1v) is 4.09. The van der Waals surface area contributed by atoms with Crippen molar-refractivity contribution in [1.29, 1.82) is 0 Å². The van der Waals surface area contributed by atoms with Crippen molar-refractivity contribution in [3.05, 3.63) is 40.2 Å². The summed E-state index contributed by atoms with van der Waals surface area (Å²) in [5, 5.41) is 18.4. The predicted octanol–water partition coefficient (Wildman–Crippen LogP) is 1.20. The summed E-state index contributed by atoms with van der Waals surface area (Å²) in [7, 11) is 0. The molecule has 0 amide bonds. The summed E-state index contributed by atoms with van der Waals surface area (Å²) >= 11 is 0. The van der Waals surface area contributed by atoms with Crippen LogP contribution >= 0.6 is 0 Å². The molecule has 76 valence electrons. The first-order valence-electron chi connectivity index (χ1n) is 4.09. The van der Waals surface area contributed by atoms with E-state index in [0.29, 0.717) is 0 Å². The minimum atomic E-state index is -1.51. The van der Waals surface area contributed by atoms with Crippen LogP contribution in [0.1, 0.15) is 10.4 Å². The van der Waals surface area contributed by atoms with E-state index in [1.54, 1.807) is 12.1 Å². The number of para-hydroxylation sites is 1. The van der Waals surface area contributed by atoms with Crippen LogP contribution in [0.2, 0.25) is 0 Å². The van der Waals surface area contributed by atoms with Crippen LogP contribution in [0.4, 0.5) is 0 Å². The molecular weight excluding hydrogens is 200 g/mol. The van der Waals surface area contributed by atoms with E-state index in [0.717, 1.165) is 0 Å². The van der Waals surface area contributed by atoms with Crippen LogP contribution in [-0.2, 0) is 0 Å². The molecule has 0 aliphatic carbocycles. The molecule has 0 saturated carbocycles. The number of carboxylic acid groups (broad SMARTS) is 1. The van der Waals surface area contributed by atoms with Gasteiger partial charge >= 0.3 is 11.6 Å². The Balaban J connectivity index is 2.97. The van der Waals surface area contributed by atoms with Crippen molar-refractivity contribution >= 4 is 16.9 Å². The minimum absolute atomic E-state index is 0.157. The van der Waals surface area contributed by atoms with Gasteiger partial charge in [-0.15, -0.1) is 0 Å². The Labute approximate surface area is 83.2 Å². The van der Waals surface area contributed by atoms with Gasteiger partial charge in [-0.05, 0) is 12.1 Å². The highest BCUT2D eigenvalue weighted by atomic mass is 16.4. The van der Waals surface area contributed by atoms with Gasteiger partial charge in [0, 0.05) is 0 Å². The second kappa shape index (κ2) is 3.13. The fourth-order valence-electron chi connectivity index (χ4n) is 1.32. The highest BCUT2D eigenvalue weighted by Gasteiger charge is 2.19. The molecule has 0 radical (unpaired) electrons. The van der Waals surface area contributed by atoms with E-state index >= 15 is 0 Å². The smallest absolute Gasteiger partial charge is 0.354 e. The lowest BCUT2D eigenvalue weighted by Gasteiger charge is -2.01. The van der Waals surface area contributed by atoms with Crippen LogP contribution in [0.3, 0.4) is 0 Å². The summed E-state index contributed by atoms with van der Waals surface area (Å²) in [6.45, 7) is 0. The van der Waals surface area contributed by atoms with E-state index in [2.05, 4.69) is 0 Å². The summed E-state index contributed by atoms with van der Waals surface area (Å²) in [5.41, 5.74) is -1.64. The standard InChI is InChI=1S/C10H6O5/c11-8-5-3-1-2-4-6(5)15-10(14)7(8)9(12)13/h1-4,11H,(H,12,13). The van der Waals surface area contributed by atoms with Gasteiger partial charge in [-0.2, -0.15) is 0 Å². The molecule has 15 heavy (non-hydrogen) atoms. The molecule has 0 aliphatic rings. The summed E-state index contributed by atoms with van der Waals surface area (Å²) in [5.74, 6) is -2.07. The van der Waals surface area contributed by atoms with Crippen LogP contribution in [0, 0.1) is 0 Å². The third kappa shape index (κ3) is 1.34. The largest absolute Gasteiger partial charge is 0.506 e. The van der Waals surface area contributed by atoms with E-state index in [1.165, 1.54) is 12.1 Å². The molecule has 2 rings (SSSR count). The van der Waals surface area contributed by atoms with Crippen LogP contribution in [0.15, 0.2) is 33.5 Å². The highest BCUT2D eigenvalue weighted by molar-refractivity contribution is 5.97. The molecule has 2 aromatic rings. The molecule has 1 aromatic heterocycles. The molecule has 5 nitrogen and oxygen atoms in total. The lowest BCUT2D eigenvalue weighted by molar-refractivity contribution is 0.0689. The monoisotopic (exact) mass is 206 g/mol. The van der Waals surface area contributed by atoms with Crippen LogP contribution < -0.4 is 5.63 Å². The quantitative estimate of drug-likeness (QED) is 0.684. The Morgan fingerprint density at radius 3 is 2.60 bits per heavy atom. The van der Waals surface area contributed by atoms with Gasteiger partial charge in [0.2, 0.25) is 0 Å². The fraction of sp³-hybridized carbons (Fsp3) is 0. The van der Waals surface area contributed by atoms with Gasteiger partial charge in [0.15, 0.2) is 5.56 Å². The number of aromatic hydroxyl groups is 1. The van der Waals surface area contributed by atoms with Crippen molar-refractivity contribution in [2.24, 2.45) is 0 Å². The molecule has 0 bridgehead atoms. The van der Waals surface area contributed by atoms with Gasteiger partial charge in [0.25, 0.3) is 0 Å². The van der Waals surface area contributed by atoms with E-state index in [4.69, 9.17) is 9.52 Å². The lowest BCUT2D eigenvalue weighted by Crippen LogP contribution is -2.13. The normalized spacial score (nSPS) is 10.4. The highest BCUT2D eigenvalue weighted by Crippen LogP contribution is 2.25. The maximum atomic E-state index is 11.2. The summed E-state index contributed by atoms with van der Waals surface area (Å²) in [6, 6.07) is 6.17. The molecular formula is C10H6O5. The van der Waals surface area contributed by atoms with Crippen molar-refractivity contribution in [3.63, 3.8) is 0 Å². The van der Waals surface area contributed by atoms with Crippen molar-refractivity contribution in [3.8, 4) is 5.75 Å². The van der Waals surface area contributed by atoms with Gasteiger partial charge in [0.1, 0.15) is 11.3 Å². The molecule has 5 heteroatoms. The molecule has 0 unspecified atom stereocenters. The van der Waals surface area contributed by atoms with Gasteiger partial charge < -0.3 is 14.6 Å². The van der Waals surface area contributed by atoms with Gasteiger partial charge in [0.05, 0.1) is 5.39 Å². The molecule has 1 aromatic carbocycles. The molecule has 0 atom stereocenters. The zero-order valence-corrected chi connectivity index (χ0v) is 7.43. The molecule has 0 saturated heterocycles. The second-order valence-electron chi connectivity index (χ2n) is 2.91. The van der Waals surface area contributed by atoms with Gasteiger partial charge in [-0.3, -0.25) is 0 Å². The molecule has 1 heterocycles. The first-order chi connectivity index (χ1) is 7.11. The second-order valence-corrected chi connectivity index (χ2v) is 2.91. The number of aromatic carboxylic acids is 1. The average Bonchev–Trinajstić information content (AvgIpc) is 2.17. The third-order valence-corrected chi connectivity index (χ3v) is 2.00. The summed E-state index contributed by atoms with van der Waals surface area (Å²) in [6.07, 6.45) is 0. The number of rotatable bonds is 1. The third-order valence-electron chi connectivity index (χ3n) is 2.00. The number of benzene rings is 1. The lowest BCUT2D eigenvalue weighted by atomic mass is 10.1. The van der Waals surface area contributed by atoms with E-state index in [-0.39, 0.29) is 11.0 Å². The zero-order valence-electron chi connectivity index (χ0n) is 7.43. The van der Waals surface area contributed by atoms with Crippen molar-refractivity contribution in [1.82, 2.24) is 0 Å². The van der Waals surface area contributed by atoms with Gasteiger partial charge in [-0.25, -0.2) is 9.59 Å².